The van der Waals surface area contributed by atoms with Crippen molar-refractivity contribution in [3.63, 3.8) is 0 Å². The number of rotatable bonds is 2. The van der Waals surface area contributed by atoms with Crippen LogP contribution in [0.4, 0.5) is 0 Å². The Bertz CT molecular complexity index is 221. The molecule has 0 radical (unpaired) electrons. The molecule has 0 saturated carbocycles. The van der Waals surface area contributed by atoms with Crippen LogP contribution in [0.5, 0.6) is 0 Å². The number of piperazine rings is 1. The first kappa shape index (κ1) is 12.5. The van der Waals surface area contributed by atoms with Crippen LogP contribution in [0.1, 0.15) is 20.8 Å². The third-order valence-electron chi connectivity index (χ3n) is 3.48. The summed E-state index contributed by atoms with van der Waals surface area (Å²) in [6.45, 7) is 8.14. The molecule has 1 saturated heterocycles. The van der Waals surface area contributed by atoms with Gasteiger partial charge in [0.2, 0.25) is 0 Å². The summed E-state index contributed by atoms with van der Waals surface area (Å²) in [5.41, 5.74) is 0. The van der Waals surface area contributed by atoms with Gasteiger partial charge in [-0.3, -0.25) is 14.6 Å². The molecule has 0 aromatic rings. The monoisotopic (exact) mass is 214 g/mol. The van der Waals surface area contributed by atoms with Crippen molar-refractivity contribution in [3.05, 3.63) is 0 Å². The van der Waals surface area contributed by atoms with Crippen molar-refractivity contribution in [1.82, 2.24) is 9.80 Å². The zero-order valence-electron chi connectivity index (χ0n) is 10.4. The molecule has 0 spiro atoms. The third-order valence-corrected chi connectivity index (χ3v) is 3.48. The molecular weight excluding hydrogens is 192 g/mol. The average Bonchev–Trinajstić information content (AvgIpc) is 2.23. The third kappa shape index (κ3) is 2.69. The van der Waals surface area contributed by atoms with Crippen LogP contribution in [0.2, 0.25) is 0 Å². The fraction of sp³-hybridized carbons (Fsp3) is 0.909. The van der Waals surface area contributed by atoms with Crippen LogP contribution >= 0.6 is 0 Å². The zero-order valence-corrected chi connectivity index (χ0v) is 10.4. The molecule has 1 unspecified atom stereocenters. The van der Waals surface area contributed by atoms with Crippen LogP contribution in [-0.4, -0.2) is 61.1 Å². The van der Waals surface area contributed by atoms with Gasteiger partial charge in [0, 0.05) is 25.2 Å². The van der Waals surface area contributed by atoms with E-state index in [1.165, 1.54) is 7.11 Å². The number of hydrogen-bond acceptors (Lipinski definition) is 4. The van der Waals surface area contributed by atoms with Crippen LogP contribution in [0, 0.1) is 0 Å². The molecule has 1 fully saturated rings. The predicted molar refractivity (Wildman–Crippen MR) is 59.7 cm³/mol. The molecule has 1 aliphatic rings. The van der Waals surface area contributed by atoms with E-state index in [2.05, 4.69) is 30.7 Å². The number of esters is 1. The molecule has 0 aliphatic carbocycles. The SMILES string of the molecule is COC(=O)C(C)N1C[C@H](C)N(C)[C@@H](C)C1. The van der Waals surface area contributed by atoms with Gasteiger partial charge in [0.1, 0.15) is 6.04 Å². The van der Waals surface area contributed by atoms with Gasteiger partial charge in [0.25, 0.3) is 0 Å². The van der Waals surface area contributed by atoms with Gasteiger partial charge in [-0.15, -0.1) is 0 Å². The first-order valence-corrected chi connectivity index (χ1v) is 5.51. The normalized spacial score (nSPS) is 31.3. The Labute approximate surface area is 92.2 Å². The van der Waals surface area contributed by atoms with Gasteiger partial charge in [-0.2, -0.15) is 0 Å². The highest BCUT2D eigenvalue weighted by molar-refractivity contribution is 5.75. The minimum absolute atomic E-state index is 0.131. The van der Waals surface area contributed by atoms with Crippen LogP contribution in [0.25, 0.3) is 0 Å². The summed E-state index contributed by atoms with van der Waals surface area (Å²) in [5.74, 6) is -0.140. The van der Waals surface area contributed by atoms with Crippen molar-refractivity contribution >= 4 is 5.97 Å². The van der Waals surface area contributed by atoms with Crippen molar-refractivity contribution in [2.75, 3.05) is 27.2 Å². The summed E-state index contributed by atoms with van der Waals surface area (Å²) in [7, 11) is 3.58. The predicted octanol–water partition coefficient (Wildman–Crippen LogP) is 0.572. The number of methoxy groups -OCH3 is 1. The van der Waals surface area contributed by atoms with E-state index in [1.807, 2.05) is 6.92 Å². The lowest BCUT2D eigenvalue weighted by Crippen LogP contribution is -2.58. The maximum absolute atomic E-state index is 11.4. The van der Waals surface area contributed by atoms with Crippen molar-refractivity contribution in [3.8, 4) is 0 Å². The topological polar surface area (TPSA) is 32.8 Å². The van der Waals surface area contributed by atoms with Crippen LogP contribution in [0.15, 0.2) is 0 Å². The molecule has 15 heavy (non-hydrogen) atoms. The largest absolute Gasteiger partial charge is 0.468 e. The van der Waals surface area contributed by atoms with E-state index in [9.17, 15) is 4.79 Å². The van der Waals surface area contributed by atoms with Crippen LogP contribution in [0.3, 0.4) is 0 Å². The van der Waals surface area contributed by atoms with Crippen molar-refractivity contribution in [2.24, 2.45) is 0 Å². The summed E-state index contributed by atoms with van der Waals surface area (Å²) in [4.78, 5) is 16.0. The summed E-state index contributed by atoms with van der Waals surface area (Å²) >= 11 is 0. The molecule has 0 aromatic carbocycles. The molecule has 1 aliphatic heterocycles. The molecule has 4 heteroatoms. The van der Waals surface area contributed by atoms with E-state index in [0.717, 1.165) is 13.1 Å². The lowest BCUT2D eigenvalue weighted by Gasteiger charge is -2.44. The summed E-state index contributed by atoms with van der Waals surface area (Å²) in [6.07, 6.45) is 0. The molecule has 1 rings (SSSR count). The second-order valence-corrected chi connectivity index (χ2v) is 4.52. The fourth-order valence-corrected chi connectivity index (χ4v) is 2.08. The number of hydrogen-bond donors (Lipinski definition) is 0. The summed E-state index contributed by atoms with van der Waals surface area (Å²) in [6, 6.07) is 0.843. The number of carbonyl (C=O) groups excluding carboxylic acids is 1. The van der Waals surface area contributed by atoms with E-state index in [-0.39, 0.29) is 12.0 Å². The van der Waals surface area contributed by atoms with E-state index >= 15 is 0 Å². The Hall–Kier alpha value is -0.610. The van der Waals surface area contributed by atoms with Crippen LogP contribution < -0.4 is 0 Å². The lowest BCUT2D eigenvalue weighted by molar-refractivity contribution is -0.147. The fourth-order valence-electron chi connectivity index (χ4n) is 2.08. The van der Waals surface area contributed by atoms with Crippen molar-refractivity contribution in [2.45, 2.75) is 38.9 Å². The van der Waals surface area contributed by atoms with Gasteiger partial charge in [-0.05, 0) is 27.8 Å². The second kappa shape index (κ2) is 4.94. The highest BCUT2D eigenvalue weighted by Crippen LogP contribution is 2.16. The summed E-state index contributed by atoms with van der Waals surface area (Å²) in [5, 5.41) is 0. The zero-order chi connectivity index (χ0) is 11.6. The number of ether oxygens (including phenoxy) is 1. The molecule has 3 atom stereocenters. The van der Waals surface area contributed by atoms with Gasteiger partial charge in [0.05, 0.1) is 7.11 Å². The molecule has 1 heterocycles. The maximum atomic E-state index is 11.4. The first-order chi connectivity index (χ1) is 6.97. The maximum Gasteiger partial charge on any atom is 0.322 e. The number of nitrogens with zero attached hydrogens (tertiary/aromatic N) is 2. The lowest BCUT2D eigenvalue weighted by atomic mass is 10.1. The van der Waals surface area contributed by atoms with Crippen LogP contribution in [-0.2, 0) is 9.53 Å². The highest BCUT2D eigenvalue weighted by atomic mass is 16.5. The molecule has 0 N–H and O–H groups in total. The van der Waals surface area contributed by atoms with Crippen molar-refractivity contribution in [1.29, 1.82) is 0 Å². The van der Waals surface area contributed by atoms with Gasteiger partial charge >= 0.3 is 5.97 Å². The minimum atomic E-state index is -0.140. The average molecular weight is 214 g/mol. The Kier molecular flexibility index (Phi) is 4.11. The van der Waals surface area contributed by atoms with Gasteiger partial charge in [-0.25, -0.2) is 0 Å². The van der Waals surface area contributed by atoms with Gasteiger partial charge < -0.3 is 4.74 Å². The Morgan fingerprint density at radius 3 is 2.20 bits per heavy atom. The molecule has 0 aromatic heterocycles. The van der Waals surface area contributed by atoms with Gasteiger partial charge in [0.15, 0.2) is 0 Å². The Balaban J connectivity index is 2.61. The Morgan fingerprint density at radius 1 is 1.33 bits per heavy atom. The Morgan fingerprint density at radius 2 is 1.80 bits per heavy atom. The highest BCUT2D eigenvalue weighted by Gasteiger charge is 2.31. The summed E-state index contributed by atoms with van der Waals surface area (Å²) < 4.78 is 4.77. The molecule has 0 bridgehead atoms. The minimum Gasteiger partial charge on any atom is -0.468 e. The van der Waals surface area contributed by atoms with Gasteiger partial charge in [-0.1, -0.05) is 0 Å². The van der Waals surface area contributed by atoms with E-state index in [1.54, 1.807) is 0 Å². The van der Waals surface area contributed by atoms with Crippen molar-refractivity contribution < 1.29 is 9.53 Å². The number of carbonyl (C=O) groups is 1. The smallest absolute Gasteiger partial charge is 0.322 e. The second-order valence-electron chi connectivity index (χ2n) is 4.52. The van der Waals surface area contributed by atoms with E-state index < -0.39 is 0 Å². The van der Waals surface area contributed by atoms with E-state index in [4.69, 9.17) is 4.74 Å². The molecule has 4 nitrogen and oxygen atoms in total. The molecular formula is C11H22N2O2. The first-order valence-electron chi connectivity index (χ1n) is 5.51. The molecule has 88 valence electrons. The standard InChI is InChI=1S/C11H22N2O2/c1-8-6-13(7-9(2)12(8)4)10(3)11(14)15-5/h8-10H,6-7H2,1-5H3/t8-,9-,10?/m0/s1. The molecule has 0 amide bonds. The van der Waals surface area contributed by atoms with E-state index in [0.29, 0.717) is 12.1 Å². The quantitative estimate of drug-likeness (QED) is 0.629. The number of likely N-dealkylation sites (N-methyl/N-ethyl adjacent to an activating group) is 1.